The Hall–Kier alpha value is -2.57. The lowest BCUT2D eigenvalue weighted by Crippen LogP contribution is -2.46. The molecule has 1 amide bonds. The Morgan fingerprint density at radius 2 is 1.84 bits per heavy atom. The topological polar surface area (TPSA) is 62.8 Å². The molecule has 2 unspecified atom stereocenters. The number of carbonyl (C=O) groups excluding carboxylic acids is 1. The van der Waals surface area contributed by atoms with E-state index in [0.29, 0.717) is 34.9 Å². The molecule has 2 saturated heterocycles. The maximum atomic E-state index is 13.1. The summed E-state index contributed by atoms with van der Waals surface area (Å²) in [5.74, 6) is 2.49. The van der Waals surface area contributed by atoms with Gasteiger partial charge in [-0.25, -0.2) is 0 Å². The third-order valence-corrected chi connectivity index (χ3v) is 6.76. The number of likely N-dealkylation sites (tertiary alicyclic amines) is 1. The van der Waals surface area contributed by atoms with Crippen molar-refractivity contribution >= 4 is 5.91 Å². The number of amides is 1. The number of carbonyl (C=O) groups is 1. The second-order valence-electron chi connectivity index (χ2n) is 8.53. The van der Waals surface area contributed by atoms with Crippen LogP contribution in [-0.2, 0) is 6.42 Å². The maximum absolute atomic E-state index is 13.1. The van der Waals surface area contributed by atoms with Crippen LogP contribution < -0.4 is 20.3 Å². The maximum Gasteiger partial charge on any atom is 0.257 e. The Morgan fingerprint density at radius 3 is 2.55 bits per heavy atom. The van der Waals surface area contributed by atoms with Crippen LogP contribution in [0.4, 0.5) is 0 Å². The monoisotopic (exact) mass is 423 g/mol. The number of hydrazine groups is 1. The molecule has 0 saturated carbocycles. The van der Waals surface area contributed by atoms with E-state index in [1.54, 1.807) is 26.4 Å². The molecule has 0 spiro atoms. The van der Waals surface area contributed by atoms with Crippen LogP contribution in [0.3, 0.4) is 0 Å². The summed E-state index contributed by atoms with van der Waals surface area (Å²) in [6, 6.07) is 16.6. The minimum Gasteiger partial charge on any atom is -0.497 e. The molecule has 0 bridgehead atoms. The zero-order chi connectivity index (χ0) is 21.6. The van der Waals surface area contributed by atoms with E-state index in [1.165, 1.54) is 12.0 Å². The van der Waals surface area contributed by atoms with Gasteiger partial charge in [-0.1, -0.05) is 30.3 Å². The fraction of sp³-hybridized carbons (Fsp3) is 0.480. The van der Waals surface area contributed by atoms with Gasteiger partial charge in [0.2, 0.25) is 0 Å². The molecule has 0 aromatic heterocycles. The van der Waals surface area contributed by atoms with Gasteiger partial charge in [0, 0.05) is 31.7 Å². The number of nitrogens with one attached hydrogen (secondary N) is 2. The molecule has 0 radical (unpaired) electrons. The molecule has 6 nitrogen and oxygen atoms in total. The molecular formula is C25H33N3O3. The minimum atomic E-state index is 0.0380. The van der Waals surface area contributed by atoms with E-state index in [-0.39, 0.29) is 5.91 Å². The Labute approximate surface area is 184 Å². The van der Waals surface area contributed by atoms with Crippen molar-refractivity contribution in [3.05, 3.63) is 59.7 Å². The number of nitrogens with zero attached hydrogens (tertiary/aromatic N) is 1. The van der Waals surface area contributed by atoms with Crippen LogP contribution in [0.25, 0.3) is 0 Å². The molecule has 2 atom stereocenters. The summed E-state index contributed by atoms with van der Waals surface area (Å²) in [5, 5.41) is 0. The van der Waals surface area contributed by atoms with Gasteiger partial charge in [-0.2, -0.15) is 0 Å². The summed E-state index contributed by atoms with van der Waals surface area (Å²) in [6.45, 7) is 2.57. The van der Waals surface area contributed by atoms with Crippen molar-refractivity contribution in [2.24, 2.45) is 11.8 Å². The predicted molar refractivity (Wildman–Crippen MR) is 121 cm³/mol. The second kappa shape index (κ2) is 10.2. The van der Waals surface area contributed by atoms with Crippen molar-refractivity contribution in [1.82, 2.24) is 15.8 Å². The van der Waals surface area contributed by atoms with Crippen LogP contribution in [0.2, 0.25) is 0 Å². The Bertz CT molecular complexity index is 866. The van der Waals surface area contributed by atoms with Crippen molar-refractivity contribution in [3.8, 4) is 11.5 Å². The normalized spacial score (nSPS) is 21.8. The number of aryl methyl sites for hydroxylation is 1. The fourth-order valence-corrected chi connectivity index (χ4v) is 4.94. The highest BCUT2D eigenvalue weighted by molar-refractivity contribution is 5.97. The molecule has 31 heavy (non-hydrogen) atoms. The molecule has 2 aromatic rings. The summed E-state index contributed by atoms with van der Waals surface area (Å²) >= 11 is 0. The largest absolute Gasteiger partial charge is 0.497 e. The molecule has 0 aliphatic carbocycles. The smallest absolute Gasteiger partial charge is 0.257 e. The first-order chi connectivity index (χ1) is 15.2. The molecule has 2 aliphatic heterocycles. The summed E-state index contributed by atoms with van der Waals surface area (Å²) < 4.78 is 10.7. The van der Waals surface area contributed by atoms with Gasteiger partial charge in [-0.15, -0.1) is 0 Å². The molecule has 2 N–H and O–H groups in total. The number of rotatable bonds is 7. The average Bonchev–Trinajstić information content (AvgIpc) is 3.31. The molecule has 2 heterocycles. The van der Waals surface area contributed by atoms with Crippen LogP contribution in [0.15, 0.2) is 48.5 Å². The molecule has 4 rings (SSSR count). The molecule has 2 fully saturated rings. The first-order valence-corrected chi connectivity index (χ1v) is 11.2. The third-order valence-electron chi connectivity index (χ3n) is 6.76. The van der Waals surface area contributed by atoms with E-state index in [9.17, 15) is 4.79 Å². The molecule has 2 aromatic carbocycles. The van der Waals surface area contributed by atoms with E-state index < -0.39 is 0 Å². The molecular weight excluding hydrogens is 390 g/mol. The van der Waals surface area contributed by atoms with Crippen LogP contribution in [-0.4, -0.2) is 50.7 Å². The van der Waals surface area contributed by atoms with Gasteiger partial charge in [0.15, 0.2) is 0 Å². The fourth-order valence-electron chi connectivity index (χ4n) is 4.94. The van der Waals surface area contributed by atoms with Crippen molar-refractivity contribution in [2.45, 2.75) is 31.7 Å². The highest BCUT2D eigenvalue weighted by Gasteiger charge is 2.36. The third kappa shape index (κ3) is 5.02. The van der Waals surface area contributed by atoms with Crippen molar-refractivity contribution in [3.63, 3.8) is 0 Å². The summed E-state index contributed by atoms with van der Waals surface area (Å²) in [5.41, 5.74) is 8.92. The summed E-state index contributed by atoms with van der Waals surface area (Å²) in [7, 11) is 3.20. The number of piperidine rings is 1. The zero-order valence-corrected chi connectivity index (χ0v) is 18.5. The number of methoxy groups -OCH3 is 2. The SMILES string of the molecule is COc1ccc(C(=O)N2CCC(C3NNCC3CCc3ccccc3)CC2)c(OC)c1. The van der Waals surface area contributed by atoms with E-state index in [4.69, 9.17) is 9.47 Å². The molecule has 2 aliphatic rings. The Kier molecular flexibility index (Phi) is 7.10. The molecule has 6 heteroatoms. The van der Waals surface area contributed by atoms with E-state index in [1.807, 2.05) is 11.0 Å². The zero-order valence-electron chi connectivity index (χ0n) is 18.5. The second-order valence-corrected chi connectivity index (χ2v) is 8.53. The van der Waals surface area contributed by atoms with E-state index in [0.717, 1.165) is 38.9 Å². The van der Waals surface area contributed by atoms with E-state index in [2.05, 4.69) is 41.2 Å². The number of benzene rings is 2. The highest BCUT2D eigenvalue weighted by Crippen LogP contribution is 2.31. The van der Waals surface area contributed by atoms with Crippen molar-refractivity contribution in [2.75, 3.05) is 33.9 Å². The molecule has 166 valence electrons. The minimum absolute atomic E-state index is 0.0380. The van der Waals surface area contributed by atoms with Gasteiger partial charge in [-0.05, 0) is 55.2 Å². The van der Waals surface area contributed by atoms with Crippen LogP contribution in [0, 0.1) is 11.8 Å². The van der Waals surface area contributed by atoms with Gasteiger partial charge < -0.3 is 14.4 Å². The predicted octanol–water partition coefficient (Wildman–Crippen LogP) is 3.28. The van der Waals surface area contributed by atoms with Crippen LogP contribution in [0.5, 0.6) is 11.5 Å². The lowest BCUT2D eigenvalue weighted by molar-refractivity contribution is 0.0659. The summed E-state index contributed by atoms with van der Waals surface area (Å²) in [6.07, 6.45) is 4.33. The van der Waals surface area contributed by atoms with Crippen molar-refractivity contribution < 1.29 is 14.3 Å². The van der Waals surface area contributed by atoms with Gasteiger partial charge >= 0.3 is 0 Å². The number of hydrogen-bond acceptors (Lipinski definition) is 5. The average molecular weight is 424 g/mol. The van der Waals surface area contributed by atoms with Crippen molar-refractivity contribution in [1.29, 1.82) is 0 Å². The Balaban J connectivity index is 1.33. The van der Waals surface area contributed by atoms with Crippen LogP contribution in [0.1, 0.15) is 35.2 Å². The van der Waals surface area contributed by atoms with Gasteiger partial charge in [0.25, 0.3) is 5.91 Å². The first kappa shape index (κ1) is 21.7. The van der Waals surface area contributed by atoms with E-state index >= 15 is 0 Å². The standard InChI is InChI=1S/C25H33N3O3/c1-30-21-10-11-22(23(16-21)31-2)25(29)28-14-12-19(13-15-28)24-20(17-26-27-24)9-8-18-6-4-3-5-7-18/h3-7,10-11,16,19-20,24,26-27H,8-9,12-15,17H2,1-2H3. The number of ether oxygens (including phenoxy) is 2. The van der Waals surface area contributed by atoms with Gasteiger partial charge in [0.05, 0.1) is 19.8 Å². The lowest BCUT2D eigenvalue weighted by Gasteiger charge is -2.36. The van der Waals surface area contributed by atoms with Gasteiger partial charge in [0.1, 0.15) is 11.5 Å². The highest BCUT2D eigenvalue weighted by atomic mass is 16.5. The quantitative estimate of drug-likeness (QED) is 0.716. The first-order valence-electron chi connectivity index (χ1n) is 11.2. The lowest BCUT2D eigenvalue weighted by atomic mass is 9.81. The van der Waals surface area contributed by atoms with Gasteiger partial charge in [-0.3, -0.25) is 15.6 Å². The number of hydrogen-bond donors (Lipinski definition) is 2. The van der Waals surface area contributed by atoms with Crippen LogP contribution >= 0.6 is 0 Å². The summed E-state index contributed by atoms with van der Waals surface area (Å²) in [4.78, 5) is 15.1. The Morgan fingerprint density at radius 1 is 1.06 bits per heavy atom.